The molecule has 4 rings (SSSR count). The molecule has 4 atom stereocenters. The van der Waals surface area contributed by atoms with Gasteiger partial charge in [-0.3, -0.25) is 19.2 Å². The second kappa shape index (κ2) is 6.23. The van der Waals surface area contributed by atoms with E-state index in [0.717, 1.165) is 0 Å². The van der Waals surface area contributed by atoms with Crippen LogP contribution in [0.4, 0.5) is 0 Å². The van der Waals surface area contributed by atoms with Gasteiger partial charge in [0.1, 0.15) is 0 Å². The van der Waals surface area contributed by atoms with E-state index in [-0.39, 0.29) is 23.8 Å². The maximum absolute atomic E-state index is 13.0. The minimum atomic E-state index is -1.13. The molecule has 31 heavy (non-hydrogen) atoms. The quantitative estimate of drug-likeness (QED) is 0.488. The highest BCUT2D eigenvalue weighted by molar-refractivity contribution is 5.97. The van der Waals surface area contributed by atoms with E-state index in [2.05, 4.69) is 10.6 Å². The number of esters is 2. The predicted molar refractivity (Wildman–Crippen MR) is 111 cm³/mol. The minimum absolute atomic E-state index is 0.269. The molecule has 172 valence electrons. The Morgan fingerprint density at radius 2 is 1.06 bits per heavy atom. The van der Waals surface area contributed by atoms with Crippen LogP contribution in [0.1, 0.15) is 73.6 Å². The Morgan fingerprint density at radius 3 is 1.32 bits per heavy atom. The monoisotopic (exact) mass is 434 g/mol. The molecule has 8 heteroatoms. The number of ether oxygens (including phenoxy) is 2. The lowest BCUT2D eigenvalue weighted by Gasteiger charge is -2.35. The van der Waals surface area contributed by atoms with Crippen LogP contribution in [-0.2, 0) is 28.7 Å². The molecule has 0 aromatic heterocycles. The van der Waals surface area contributed by atoms with Gasteiger partial charge in [-0.2, -0.15) is 0 Å². The number of hydrogen-bond donors (Lipinski definition) is 2. The number of rotatable bonds is 6. The zero-order chi connectivity index (χ0) is 23.1. The van der Waals surface area contributed by atoms with E-state index >= 15 is 0 Å². The molecule has 0 unspecified atom stereocenters. The summed E-state index contributed by atoms with van der Waals surface area (Å²) in [5.74, 6) is -1.14. The van der Waals surface area contributed by atoms with Crippen molar-refractivity contribution >= 4 is 23.8 Å². The number of amides is 2. The largest absolute Gasteiger partial charge is 0.448 e. The minimum Gasteiger partial charge on any atom is -0.448 e. The molecule has 2 N–H and O–H groups in total. The molecule has 8 nitrogen and oxygen atoms in total. The van der Waals surface area contributed by atoms with E-state index in [0.29, 0.717) is 45.2 Å². The summed E-state index contributed by atoms with van der Waals surface area (Å²) < 4.78 is 11.2. The Bertz CT molecular complexity index is 811. The van der Waals surface area contributed by atoms with Crippen molar-refractivity contribution in [2.75, 3.05) is 13.1 Å². The number of nitrogens with one attached hydrogen (secondary N) is 2. The summed E-state index contributed by atoms with van der Waals surface area (Å²) in [6, 6.07) is 0. The highest BCUT2D eigenvalue weighted by atomic mass is 16.6. The second-order valence-electron chi connectivity index (χ2n) is 11.2. The molecule has 2 saturated heterocycles. The molecule has 0 aromatic rings. The summed E-state index contributed by atoms with van der Waals surface area (Å²) >= 11 is 0. The van der Waals surface area contributed by atoms with Gasteiger partial charge in [-0.25, -0.2) is 0 Å². The van der Waals surface area contributed by atoms with Crippen LogP contribution in [0.3, 0.4) is 0 Å². The van der Waals surface area contributed by atoms with Gasteiger partial charge in [0.2, 0.25) is 0 Å². The van der Waals surface area contributed by atoms with Gasteiger partial charge in [-0.05, 0) is 46.0 Å². The highest BCUT2D eigenvalue weighted by Crippen LogP contribution is 2.66. The predicted octanol–water partition coefficient (Wildman–Crippen LogP) is 1.85. The second-order valence-corrected chi connectivity index (χ2v) is 11.2. The Hall–Kier alpha value is -2.12. The maximum Gasteiger partial charge on any atom is 0.313 e. The fourth-order valence-electron chi connectivity index (χ4n) is 6.27. The summed E-state index contributed by atoms with van der Waals surface area (Å²) in [6.07, 6.45) is 2.83. The van der Waals surface area contributed by atoms with Crippen molar-refractivity contribution in [3.8, 4) is 0 Å². The topological polar surface area (TPSA) is 111 Å². The molecule has 2 aliphatic heterocycles. The smallest absolute Gasteiger partial charge is 0.313 e. The molecule has 4 bridgehead atoms. The van der Waals surface area contributed by atoms with Crippen LogP contribution in [0.25, 0.3) is 0 Å². The first-order valence-corrected chi connectivity index (χ1v) is 11.3. The van der Waals surface area contributed by atoms with Gasteiger partial charge >= 0.3 is 11.9 Å². The van der Waals surface area contributed by atoms with E-state index in [1.54, 1.807) is 0 Å². The molecule has 0 radical (unpaired) electrons. The molecule has 2 heterocycles. The Balaban J connectivity index is 1.30. The van der Waals surface area contributed by atoms with Crippen molar-refractivity contribution in [2.24, 2.45) is 21.7 Å². The lowest BCUT2D eigenvalue weighted by molar-refractivity contribution is -0.168. The zero-order valence-corrected chi connectivity index (χ0v) is 19.4. The summed E-state index contributed by atoms with van der Waals surface area (Å²) in [4.78, 5) is 50.6. The first kappa shape index (κ1) is 22.1. The summed E-state index contributed by atoms with van der Waals surface area (Å²) in [5.41, 5.74) is -4.70. The van der Waals surface area contributed by atoms with Crippen molar-refractivity contribution in [1.82, 2.24) is 10.6 Å². The molecular formula is C23H34N2O6. The van der Waals surface area contributed by atoms with Crippen LogP contribution >= 0.6 is 0 Å². The van der Waals surface area contributed by atoms with Gasteiger partial charge in [-0.15, -0.1) is 0 Å². The summed E-state index contributed by atoms with van der Waals surface area (Å²) in [5, 5.41) is 5.78. The van der Waals surface area contributed by atoms with Crippen molar-refractivity contribution in [2.45, 2.75) is 84.8 Å². The third-order valence-corrected chi connectivity index (χ3v) is 9.83. The van der Waals surface area contributed by atoms with E-state index in [1.165, 1.54) is 0 Å². The molecule has 0 spiro atoms. The zero-order valence-electron chi connectivity index (χ0n) is 19.4. The highest BCUT2D eigenvalue weighted by Gasteiger charge is 2.76. The first-order chi connectivity index (χ1) is 14.2. The summed E-state index contributed by atoms with van der Waals surface area (Å²) in [6.45, 7) is 12.1. The lowest BCUT2D eigenvalue weighted by atomic mass is 9.66. The van der Waals surface area contributed by atoms with E-state index in [4.69, 9.17) is 9.47 Å². The molecule has 4 aliphatic rings. The fourth-order valence-corrected chi connectivity index (χ4v) is 6.27. The van der Waals surface area contributed by atoms with Gasteiger partial charge in [0.05, 0.1) is 10.8 Å². The van der Waals surface area contributed by atoms with Gasteiger partial charge in [-0.1, -0.05) is 27.7 Å². The Kier molecular flexibility index (Phi) is 4.44. The van der Waals surface area contributed by atoms with Gasteiger partial charge in [0.25, 0.3) is 11.8 Å². The third-order valence-electron chi connectivity index (χ3n) is 9.83. The van der Waals surface area contributed by atoms with Gasteiger partial charge in [0.15, 0.2) is 11.2 Å². The van der Waals surface area contributed by atoms with Crippen LogP contribution in [-0.4, -0.2) is 48.0 Å². The van der Waals surface area contributed by atoms with Gasteiger partial charge in [0, 0.05) is 23.9 Å². The molecular weight excluding hydrogens is 400 g/mol. The van der Waals surface area contributed by atoms with E-state index in [9.17, 15) is 19.2 Å². The van der Waals surface area contributed by atoms with E-state index in [1.807, 2.05) is 41.5 Å². The van der Waals surface area contributed by atoms with Crippen molar-refractivity contribution in [3.63, 3.8) is 0 Å². The summed E-state index contributed by atoms with van der Waals surface area (Å²) in [7, 11) is 0. The molecule has 2 amide bonds. The van der Waals surface area contributed by atoms with Crippen molar-refractivity contribution in [3.05, 3.63) is 0 Å². The van der Waals surface area contributed by atoms with Crippen molar-refractivity contribution in [1.29, 1.82) is 0 Å². The fraction of sp³-hybridized carbons (Fsp3) is 0.826. The average molecular weight is 435 g/mol. The number of carbonyl (C=O) groups is 4. The van der Waals surface area contributed by atoms with Crippen LogP contribution in [0.2, 0.25) is 0 Å². The Morgan fingerprint density at radius 1 is 0.710 bits per heavy atom. The molecule has 4 fully saturated rings. The Labute approximate surface area is 183 Å². The van der Waals surface area contributed by atoms with Gasteiger partial charge < -0.3 is 20.1 Å². The maximum atomic E-state index is 13.0. The van der Waals surface area contributed by atoms with Crippen LogP contribution in [0.15, 0.2) is 0 Å². The lowest BCUT2D eigenvalue weighted by Crippen LogP contribution is -2.54. The third kappa shape index (κ3) is 2.31. The SMILES string of the molecule is CC1(C)[C@@]2(C)CC[C@@]1(C(=O)NCCCNC(=O)[C@]13CC[C@](C)(C(=O)O1)C3(C)C)OC2=O. The van der Waals surface area contributed by atoms with Crippen LogP contribution < -0.4 is 10.6 Å². The van der Waals surface area contributed by atoms with Crippen LogP contribution in [0, 0.1) is 21.7 Å². The molecule has 2 aliphatic carbocycles. The van der Waals surface area contributed by atoms with E-state index < -0.39 is 32.9 Å². The van der Waals surface area contributed by atoms with Crippen molar-refractivity contribution < 1.29 is 28.7 Å². The standard InChI is InChI=1S/C23H34N2O6/c1-18(2)20(5)8-10-22(18,30-16(20)28)14(26)24-12-7-13-25-15(27)23-11-9-21(6,17(29)31-23)19(23,3)4/h7-13H2,1-6H3,(H,24,26)(H,25,27)/t20-,21+,22-,23-/m0/s1. The molecule has 2 saturated carbocycles. The number of fused-ring (bicyclic) bond motifs is 4. The van der Waals surface area contributed by atoms with Crippen LogP contribution in [0.5, 0.6) is 0 Å². The molecule has 0 aromatic carbocycles. The number of hydrogen-bond acceptors (Lipinski definition) is 6. The average Bonchev–Trinajstić information content (AvgIpc) is 3.15. The normalized spacial score (nSPS) is 41.1. The number of carbonyl (C=O) groups excluding carboxylic acids is 4. The first-order valence-electron chi connectivity index (χ1n) is 11.3.